The summed E-state index contributed by atoms with van der Waals surface area (Å²) >= 11 is 1.66. The van der Waals surface area contributed by atoms with Crippen molar-refractivity contribution in [3.8, 4) is 11.5 Å². The van der Waals surface area contributed by atoms with Crippen molar-refractivity contribution in [1.82, 2.24) is 9.88 Å². The lowest BCUT2D eigenvalue weighted by molar-refractivity contribution is 0.0744. The van der Waals surface area contributed by atoms with E-state index in [1.165, 1.54) is 0 Å². The van der Waals surface area contributed by atoms with Crippen molar-refractivity contribution >= 4 is 17.7 Å². The Labute approximate surface area is 217 Å². The highest BCUT2D eigenvalue weighted by atomic mass is 32.2. The van der Waals surface area contributed by atoms with Gasteiger partial charge in [0.05, 0.1) is 7.11 Å². The first-order chi connectivity index (χ1) is 17.7. The van der Waals surface area contributed by atoms with Gasteiger partial charge in [0.1, 0.15) is 6.61 Å². The second-order valence-electron chi connectivity index (χ2n) is 8.29. The molecule has 0 atom stereocenters. The standard InChI is InChI=1S/C30H30N2O3S/c1-34-29-20-24(11-16-28(29)35-22-23-8-4-3-5-9-23)21-32(19-17-26-10-6-7-18-31-26)30(33)25-12-14-27(36-2)15-13-25/h3-16,18,20H,17,19,21-22H2,1-2H3. The monoisotopic (exact) mass is 498 g/mol. The van der Waals surface area contributed by atoms with E-state index in [1.807, 2.05) is 102 Å². The third-order valence-corrected chi connectivity index (χ3v) is 6.57. The molecule has 5 nitrogen and oxygen atoms in total. The van der Waals surface area contributed by atoms with E-state index in [9.17, 15) is 4.79 Å². The van der Waals surface area contributed by atoms with Crippen LogP contribution < -0.4 is 9.47 Å². The number of thioether (sulfide) groups is 1. The van der Waals surface area contributed by atoms with Crippen LogP contribution in [0, 0.1) is 0 Å². The normalized spacial score (nSPS) is 10.6. The zero-order valence-electron chi connectivity index (χ0n) is 20.6. The largest absolute Gasteiger partial charge is 0.493 e. The van der Waals surface area contributed by atoms with Gasteiger partial charge in [0.15, 0.2) is 11.5 Å². The summed E-state index contributed by atoms with van der Waals surface area (Å²) in [5, 5.41) is 0. The number of amides is 1. The van der Waals surface area contributed by atoms with E-state index in [4.69, 9.17) is 9.47 Å². The van der Waals surface area contributed by atoms with Crippen LogP contribution in [0.5, 0.6) is 11.5 Å². The molecule has 1 heterocycles. The van der Waals surface area contributed by atoms with Gasteiger partial charge in [-0.15, -0.1) is 11.8 Å². The van der Waals surface area contributed by atoms with E-state index < -0.39 is 0 Å². The number of hydrogen-bond donors (Lipinski definition) is 0. The molecule has 0 radical (unpaired) electrons. The number of hydrogen-bond acceptors (Lipinski definition) is 5. The predicted octanol–water partition coefficient (Wildman–Crippen LogP) is 6.28. The second-order valence-corrected chi connectivity index (χ2v) is 9.17. The Bertz CT molecular complexity index is 1250. The Hall–Kier alpha value is -3.77. The molecule has 1 aromatic heterocycles. The minimum atomic E-state index is -0.0121. The molecule has 0 fully saturated rings. The number of carbonyl (C=O) groups is 1. The van der Waals surface area contributed by atoms with Crippen molar-refractivity contribution in [3.05, 3.63) is 120 Å². The number of carbonyl (C=O) groups excluding carboxylic acids is 1. The molecule has 0 saturated heterocycles. The van der Waals surface area contributed by atoms with Crippen molar-refractivity contribution in [1.29, 1.82) is 0 Å². The molecule has 6 heteroatoms. The van der Waals surface area contributed by atoms with E-state index in [0.29, 0.717) is 43.2 Å². The van der Waals surface area contributed by atoms with Gasteiger partial charge in [0.2, 0.25) is 0 Å². The highest BCUT2D eigenvalue weighted by Gasteiger charge is 2.18. The molecular formula is C30H30N2O3S. The van der Waals surface area contributed by atoms with Crippen molar-refractivity contribution in [3.63, 3.8) is 0 Å². The van der Waals surface area contributed by atoms with E-state index in [-0.39, 0.29) is 5.91 Å². The summed E-state index contributed by atoms with van der Waals surface area (Å²) in [5.74, 6) is 1.30. The highest BCUT2D eigenvalue weighted by Crippen LogP contribution is 2.29. The van der Waals surface area contributed by atoms with Gasteiger partial charge in [0.25, 0.3) is 5.91 Å². The molecule has 0 aliphatic rings. The minimum absolute atomic E-state index is 0.0121. The molecule has 1 amide bonds. The summed E-state index contributed by atoms with van der Waals surface area (Å²) in [4.78, 5) is 20.9. The SMILES string of the molecule is COc1cc(CN(CCc2ccccn2)C(=O)c2ccc(SC)cc2)ccc1OCc1ccccc1. The average Bonchev–Trinajstić information content (AvgIpc) is 2.95. The van der Waals surface area contributed by atoms with Crippen LogP contribution in [-0.4, -0.2) is 35.7 Å². The maximum absolute atomic E-state index is 13.5. The highest BCUT2D eigenvalue weighted by molar-refractivity contribution is 7.98. The van der Waals surface area contributed by atoms with Crippen LogP contribution in [0.1, 0.15) is 27.2 Å². The molecule has 4 aromatic rings. The van der Waals surface area contributed by atoms with Gasteiger partial charge in [-0.25, -0.2) is 0 Å². The number of nitrogens with zero attached hydrogens (tertiary/aromatic N) is 2. The fourth-order valence-electron chi connectivity index (χ4n) is 3.85. The number of methoxy groups -OCH3 is 1. The maximum Gasteiger partial charge on any atom is 0.254 e. The lowest BCUT2D eigenvalue weighted by atomic mass is 10.1. The fourth-order valence-corrected chi connectivity index (χ4v) is 4.26. The summed E-state index contributed by atoms with van der Waals surface area (Å²) in [7, 11) is 1.63. The minimum Gasteiger partial charge on any atom is -0.493 e. The molecule has 0 N–H and O–H groups in total. The van der Waals surface area contributed by atoms with Crippen LogP contribution in [0.2, 0.25) is 0 Å². The Morgan fingerprint density at radius 1 is 0.889 bits per heavy atom. The zero-order valence-corrected chi connectivity index (χ0v) is 21.4. The molecule has 0 unspecified atom stereocenters. The quantitative estimate of drug-likeness (QED) is 0.228. The number of rotatable bonds is 11. The third kappa shape index (κ3) is 6.89. The molecule has 0 saturated carbocycles. The summed E-state index contributed by atoms with van der Waals surface area (Å²) < 4.78 is 11.6. The van der Waals surface area contributed by atoms with E-state index >= 15 is 0 Å². The molecule has 4 rings (SSSR count). The third-order valence-electron chi connectivity index (χ3n) is 5.83. The topological polar surface area (TPSA) is 51.7 Å². The van der Waals surface area contributed by atoms with Crippen LogP contribution in [0.3, 0.4) is 0 Å². The first kappa shape index (κ1) is 25.3. The molecule has 0 aliphatic heterocycles. The van der Waals surface area contributed by atoms with Gasteiger partial charge in [-0.05, 0) is 65.9 Å². The summed E-state index contributed by atoms with van der Waals surface area (Å²) in [6.45, 7) is 1.46. The van der Waals surface area contributed by atoms with Crippen molar-refractivity contribution in [2.45, 2.75) is 24.5 Å². The van der Waals surface area contributed by atoms with Crippen LogP contribution in [0.25, 0.3) is 0 Å². The fraction of sp³-hybridized carbons (Fsp3) is 0.200. The van der Waals surface area contributed by atoms with Crippen molar-refractivity contribution < 1.29 is 14.3 Å². The molecule has 184 valence electrons. The van der Waals surface area contributed by atoms with Gasteiger partial charge in [-0.1, -0.05) is 42.5 Å². The first-order valence-electron chi connectivity index (χ1n) is 11.8. The van der Waals surface area contributed by atoms with E-state index in [0.717, 1.165) is 21.7 Å². The van der Waals surface area contributed by atoms with Crippen LogP contribution >= 0.6 is 11.8 Å². The Morgan fingerprint density at radius 3 is 2.36 bits per heavy atom. The first-order valence-corrected chi connectivity index (χ1v) is 13.1. The van der Waals surface area contributed by atoms with E-state index in [2.05, 4.69) is 4.98 Å². The summed E-state index contributed by atoms with van der Waals surface area (Å²) in [6.07, 6.45) is 4.48. The lowest BCUT2D eigenvalue weighted by Crippen LogP contribution is -2.32. The molecule has 0 bridgehead atoms. The second kappa shape index (κ2) is 12.8. The van der Waals surface area contributed by atoms with Crippen molar-refractivity contribution in [2.24, 2.45) is 0 Å². The number of pyridine rings is 1. The molecular weight excluding hydrogens is 468 g/mol. The maximum atomic E-state index is 13.5. The molecule has 3 aromatic carbocycles. The van der Waals surface area contributed by atoms with Crippen LogP contribution in [0.4, 0.5) is 0 Å². The number of benzene rings is 3. The average molecular weight is 499 g/mol. The Morgan fingerprint density at radius 2 is 1.67 bits per heavy atom. The number of aromatic nitrogens is 1. The molecule has 0 aliphatic carbocycles. The smallest absolute Gasteiger partial charge is 0.254 e. The molecule has 0 spiro atoms. The van der Waals surface area contributed by atoms with Gasteiger partial charge in [-0.3, -0.25) is 9.78 Å². The van der Waals surface area contributed by atoms with Crippen LogP contribution in [-0.2, 0) is 19.6 Å². The van der Waals surface area contributed by atoms with Crippen molar-refractivity contribution in [2.75, 3.05) is 19.9 Å². The van der Waals surface area contributed by atoms with Gasteiger partial charge < -0.3 is 14.4 Å². The Balaban J connectivity index is 1.51. The summed E-state index contributed by atoms with van der Waals surface area (Å²) in [5.41, 5.74) is 3.68. The predicted molar refractivity (Wildman–Crippen MR) is 145 cm³/mol. The molecule has 36 heavy (non-hydrogen) atoms. The Kier molecular flexibility index (Phi) is 9.00. The number of ether oxygens (including phenoxy) is 2. The van der Waals surface area contributed by atoms with Gasteiger partial charge in [-0.2, -0.15) is 0 Å². The van der Waals surface area contributed by atoms with E-state index in [1.54, 1.807) is 25.1 Å². The summed E-state index contributed by atoms with van der Waals surface area (Å²) in [6, 6.07) is 29.4. The lowest BCUT2D eigenvalue weighted by Gasteiger charge is -2.24. The zero-order chi connectivity index (χ0) is 25.2. The van der Waals surface area contributed by atoms with Gasteiger partial charge in [0, 0.05) is 41.9 Å². The van der Waals surface area contributed by atoms with Crippen LogP contribution in [0.15, 0.2) is 102 Å². The van der Waals surface area contributed by atoms with Gasteiger partial charge >= 0.3 is 0 Å².